The summed E-state index contributed by atoms with van der Waals surface area (Å²) in [7, 11) is 0. The molecule has 2 atom stereocenters. The number of carboxylic acids is 1. The average Bonchev–Trinajstić information content (AvgIpc) is 2.19. The second-order valence-electron chi connectivity index (χ2n) is 3.38. The average molecular weight is 273 g/mol. The molecule has 0 radical (unpaired) electrons. The van der Waals surface area contributed by atoms with Gasteiger partial charge in [-0.15, -0.1) is 0 Å². The van der Waals surface area contributed by atoms with Crippen LogP contribution in [0.2, 0.25) is 0 Å². The third kappa shape index (κ3) is 1.85. The summed E-state index contributed by atoms with van der Waals surface area (Å²) < 4.78 is 6.05. The van der Waals surface area contributed by atoms with Crippen molar-refractivity contribution < 1.29 is 19.7 Å². The Balaban J connectivity index is 2.40. The third-order valence-corrected chi connectivity index (χ3v) is 2.90. The van der Waals surface area contributed by atoms with Crippen molar-refractivity contribution in [2.45, 2.75) is 6.10 Å². The van der Waals surface area contributed by atoms with Gasteiger partial charge in [-0.3, -0.25) is 4.79 Å². The van der Waals surface area contributed by atoms with Crippen LogP contribution < -0.4 is 4.74 Å². The largest absolute Gasteiger partial charge is 0.492 e. The first-order chi connectivity index (χ1) is 7.09. The number of carbonyl (C=O) groups is 1. The van der Waals surface area contributed by atoms with Crippen molar-refractivity contribution in [3.8, 4) is 5.75 Å². The minimum Gasteiger partial charge on any atom is -0.492 e. The smallest absolute Gasteiger partial charge is 0.313 e. The molecule has 1 heterocycles. The van der Waals surface area contributed by atoms with Crippen LogP contribution in [0.15, 0.2) is 22.7 Å². The first-order valence-corrected chi connectivity index (χ1v) is 5.22. The standard InChI is InChI=1S/C10H9BrO4/c11-5-1-2-8-6(3-5)9(12)7(4-15-8)10(13)14/h1-3,7,9,12H,4H2,(H,13,14). The fraction of sp³-hybridized carbons (Fsp3) is 0.300. The monoisotopic (exact) mass is 272 g/mol. The lowest BCUT2D eigenvalue weighted by Gasteiger charge is -2.27. The molecule has 1 aliphatic heterocycles. The number of aliphatic hydroxyl groups excluding tert-OH is 1. The quantitative estimate of drug-likeness (QED) is 0.815. The zero-order chi connectivity index (χ0) is 11.0. The van der Waals surface area contributed by atoms with E-state index in [0.717, 1.165) is 4.47 Å². The van der Waals surface area contributed by atoms with E-state index < -0.39 is 18.0 Å². The van der Waals surface area contributed by atoms with Gasteiger partial charge >= 0.3 is 5.97 Å². The predicted molar refractivity (Wildman–Crippen MR) is 55.7 cm³/mol. The molecule has 4 nitrogen and oxygen atoms in total. The Bertz CT molecular complexity index is 404. The van der Waals surface area contributed by atoms with Crippen molar-refractivity contribution in [2.24, 2.45) is 5.92 Å². The minimum atomic E-state index is -1.05. The summed E-state index contributed by atoms with van der Waals surface area (Å²) in [5.41, 5.74) is 0.517. The zero-order valence-corrected chi connectivity index (χ0v) is 9.27. The molecular weight excluding hydrogens is 264 g/mol. The van der Waals surface area contributed by atoms with Crippen molar-refractivity contribution in [3.05, 3.63) is 28.2 Å². The summed E-state index contributed by atoms with van der Waals surface area (Å²) in [5.74, 6) is -1.40. The van der Waals surface area contributed by atoms with Crippen LogP contribution >= 0.6 is 15.9 Å². The Morgan fingerprint density at radius 1 is 1.53 bits per heavy atom. The summed E-state index contributed by atoms with van der Waals surface area (Å²) in [5, 5.41) is 18.7. The lowest BCUT2D eigenvalue weighted by atomic mass is 9.93. The van der Waals surface area contributed by atoms with Gasteiger partial charge < -0.3 is 14.9 Å². The van der Waals surface area contributed by atoms with Crippen LogP contribution in [0.5, 0.6) is 5.75 Å². The van der Waals surface area contributed by atoms with Gasteiger partial charge in [0.15, 0.2) is 0 Å². The molecule has 0 amide bonds. The topological polar surface area (TPSA) is 66.8 Å². The molecule has 2 unspecified atom stereocenters. The normalized spacial score (nSPS) is 24.1. The summed E-state index contributed by atoms with van der Waals surface area (Å²) in [4.78, 5) is 10.8. The number of carboxylic acid groups (broad SMARTS) is 1. The zero-order valence-electron chi connectivity index (χ0n) is 7.68. The highest BCUT2D eigenvalue weighted by atomic mass is 79.9. The van der Waals surface area contributed by atoms with Crippen LogP contribution in [0.1, 0.15) is 11.7 Å². The molecular formula is C10H9BrO4. The van der Waals surface area contributed by atoms with Crippen LogP contribution in [0.25, 0.3) is 0 Å². The Morgan fingerprint density at radius 2 is 2.27 bits per heavy atom. The second-order valence-corrected chi connectivity index (χ2v) is 4.30. The maximum atomic E-state index is 10.8. The van der Waals surface area contributed by atoms with Crippen molar-refractivity contribution in [3.63, 3.8) is 0 Å². The molecule has 0 aliphatic carbocycles. The van der Waals surface area contributed by atoms with Gasteiger partial charge in [-0.25, -0.2) is 0 Å². The van der Waals surface area contributed by atoms with Gasteiger partial charge in [-0.05, 0) is 18.2 Å². The molecule has 0 fully saturated rings. The van der Waals surface area contributed by atoms with Gasteiger partial charge in [0.2, 0.25) is 0 Å². The molecule has 0 aromatic heterocycles. The Morgan fingerprint density at radius 3 is 2.93 bits per heavy atom. The van der Waals surface area contributed by atoms with E-state index in [1.165, 1.54) is 0 Å². The number of rotatable bonds is 1. The van der Waals surface area contributed by atoms with Gasteiger partial charge in [0.1, 0.15) is 18.3 Å². The van der Waals surface area contributed by atoms with Gasteiger partial charge in [0, 0.05) is 10.0 Å². The fourth-order valence-electron chi connectivity index (χ4n) is 1.58. The van der Waals surface area contributed by atoms with E-state index in [1.54, 1.807) is 18.2 Å². The van der Waals surface area contributed by atoms with Gasteiger partial charge in [-0.1, -0.05) is 15.9 Å². The minimum absolute atomic E-state index is 0.00509. The molecule has 0 saturated heterocycles. The van der Waals surface area contributed by atoms with Crippen molar-refractivity contribution in [2.75, 3.05) is 6.61 Å². The number of hydrogen-bond donors (Lipinski definition) is 2. The molecule has 1 aromatic rings. The fourth-order valence-corrected chi connectivity index (χ4v) is 1.95. The van der Waals surface area contributed by atoms with E-state index in [9.17, 15) is 9.90 Å². The van der Waals surface area contributed by atoms with Crippen LogP contribution in [0, 0.1) is 5.92 Å². The highest BCUT2D eigenvalue weighted by Crippen LogP contribution is 2.36. The summed E-state index contributed by atoms with van der Waals surface area (Å²) in [6.07, 6.45) is -1.01. The molecule has 2 rings (SSSR count). The third-order valence-electron chi connectivity index (χ3n) is 2.41. The molecule has 2 N–H and O–H groups in total. The van der Waals surface area contributed by atoms with Crippen LogP contribution in [0.3, 0.4) is 0 Å². The second kappa shape index (κ2) is 3.83. The maximum absolute atomic E-state index is 10.8. The van der Waals surface area contributed by atoms with E-state index in [1.807, 2.05) is 0 Å². The molecule has 15 heavy (non-hydrogen) atoms. The van der Waals surface area contributed by atoms with E-state index >= 15 is 0 Å². The number of halogens is 1. The van der Waals surface area contributed by atoms with E-state index in [0.29, 0.717) is 11.3 Å². The SMILES string of the molecule is O=C(O)C1COc2ccc(Br)cc2C1O. The number of hydrogen-bond acceptors (Lipinski definition) is 3. The Labute approximate surface area is 94.6 Å². The molecule has 5 heteroatoms. The molecule has 1 aliphatic rings. The number of aliphatic carboxylic acids is 1. The highest BCUT2D eigenvalue weighted by molar-refractivity contribution is 9.10. The Hall–Kier alpha value is -1.07. The van der Waals surface area contributed by atoms with Crippen molar-refractivity contribution in [1.29, 1.82) is 0 Å². The molecule has 0 spiro atoms. The maximum Gasteiger partial charge on any atom is 0.313 e. The number of aliphatic hydroxyl groups is 1. The van der Waals surface area contributed by atoms with E-state index in [4.69, 9.17) is 9.84 Å². The van der Waals surface area contributed by atoms with Gasteiger partial charge in [-0.2, -0.15) is 0 Å². The van der Waals surface area contributed by atoms with Crippen LogP contribution in [0.4, 0.5) is 0 Å². The lowest BCUT2D eigenvalue weighted by molar-refractivity contribution is -0.148. The number of ether oxygens (including phenoxy) is 1. The first-order valence-electron chi connectivity index (χ1n) is 4.42. The van der Waals surface area contributed by atoms with E-state index in [-0.39, 0.29) is 6.61 Å². The van der Waals surface area contributed by atoms with Crippen molar-refractivity contribution in [1.82, 2.24) is 0 Å². The van der Waals surface area contributed by atoms with Crippen LogP contribution in [-0.2, 0) is 4.79 Å². The highest BCUT2D eigenvalue weighted by Gasteiger charge is 2.34. The number of benzene rings is 1. The summed E-state index contributed by atoms with van der Waals surface area (Å²) in [6.45, 7) is 0.00509. The van der Waals surface area contributed by atoms with Crippen molar-refractivity contribution >= 4 is 21.9 Å². The number of fused-ring (bicyclic) bond motifs is 1. The van der Waals surface area contributed by atoms with Gasteiger partial charge in [0.25, 0.3) is 0 Å². The first kappa shape index (κ1) is 10.4. The van der Waals surface area contributed by atoms with Crippen LogP contribution in [-0.4, -0.2) is 22.8 Å². The summed E-state index contributed by atoms with van der Waals surface area (Å²) >= 11 is 3.26. The van der Waals surface area contributed by atoms with Gasteiger partial charge in [0.05, 0.1) is 6.10 Å². The Kier molecular flexibility index (Phi) is 2.67. The summed E-state index contributed by atoms with van der Waals surface area (Å²) in [6, 6.07) is 5.17. The lowest BCUT2D eigenvalue weighted by Crippen LogP contribution is -2.32. The molecule has 1 aromatic carbocycles. The molecule has 80 valence electrons. The predicted octanol–water partition coefficient (Wildman–Crippen LogP) is 1.58. The molecule has 0 bridgehead atoms. The van der Waals surface area contributed by atoms with E-state index in [2.05, 4.69) is 15.9 Å². The molecule has 0 saturated carbocycles.